The van der Waals surface area contributed by atoms with E-state index in [1.807, 2.05) is 18.2 Å². The zero-order valence-corrected chi connectivity index (χ0v) is 10.7. The van der Waals surface area contributed by atoms with Crippen molar-refractivity contribution in [3.8, 4) is 0 Å². The average molecular weight is 259 g/mol. The van der Waals surface area contributed by atoms with Crippen molar-refractivity contribution in [2.24, 2.45) is 0 Å². The molecule has 1 aliphatic rings. The van der Waals surface area contributed by atoms with Gasteiger partial charge in [-0.05, 0) is 31.6 Å². The summed E-state index contributed by atoms with van der Waals surface area (Å²) in [5.74, 6) is 0. The molecule has 1 aromatic rings. The van der Waals surface area contributed by atoms with E-state index in [9.17, 15) is 0 Å². The van der Waals surface area contributed by atoms with Gasteiger partial charge >= 0.3 is 0 Å². The standard InChI is InChI=1S/C12H16Cl2N2/c13-11-3-1-4-12(14)10(11)9-16-7-2-5-15-6-8-16/h1,3-4,15H,2,5-9H2. The number of hydrogen-bond acceptors (Lipinski definition) is 2. The lowest BCUT2D eigenvalue weighted by molar-refractivity contribution is 0.284. The van der Waals surface area contributed by atoms with E-state index in [0.717, 1.165) is 48.3 Å². The molecule has 0 unspecified atom stereocenters. The molecule has 1 N–H and O–H groups in total. The molecule has 0 spiro atoms. The third-order valence-corrected chi connectivity index (χ3v) is 3.58. The van der Waals surface area contributed by atoms with E-state index in [0.29, 0.717) is 0 Å². The minimum atomic E-state index is 0.768. The molecule has 1 fully saturated rings. The smallest absolute Gasteiger partial charge is 0.0465 e. The molecule has 0 aliphatic carbocycles. The van der Waals surface area contributed by atoms with Crippen molar-refractivity contribution in [2.75, 3.05) is 26.2 Å². The van der Waals surface area contributed by atoms with Gasteiger partial charge in [0, 0.05) is 35.2 Å². The van der Waals surface area contributed by atoms with Crippen LogP contribution in [0.15, 0.2) is 18.2 Å². The van der Waals surface area contributed by atoms with Gasteiger partial charge in [-0.15, -0.1) is 0 Å². The van der Waals surface area contributed by atoms with Crippen molar-refractivity contribution in [1.29, 1.82) is 0 Å². The number of benzene rings is 1. The predicted molar refractivity (Wildman–Crippen MR) is 69.2 cm³/mol. The van der Waals surface area contributed by atoms with Gasteiger partial charge in [-0.1, -0.05) is 29.3 Å². The zero-order chi connectivity index (χ0) is 11.4. The van der Waals surface area contributed by atoms with E-state index in [2.05, 4.69) is 10.2 Å². The first-order chi connectivity index (χ1) is 7.77. The van der Waals surface area contributed by atoms with Crippen molar-refractivity contribution >= 4 is 23.2 Å². The lowest BCUT2D eigenvalue weighted by Gasteiger charge is -2.20. The van der Waals surface area contributed by atoms with E-state index in [-0.39, 0.29) is 0 Å². The molecule has 2 rings (SSSR count). The van der Waals surface area contributed by atoms with Gasteiger partial charge in [-0.3, -0.25) is 4.90 Å². The van der Waals surface area contributed by atoms with Gasteiger partial charge in [0.1, 0.15) is 0 Å². The van der Waals surface area contributed by atoms with Crippen LogP contribution in [-0.4, -0.2) is 31.1 Å². The fraction of sp³-hybridized carbons (Fsp3) is 0.500. The van der Waals surface area contributed by atoms with E-state index in [1.54, 1.807) is 0 Å². The van der Waals surface area contributed by atoms with Gasteiger partial charge in [0.05, 0.1) is 0 Å². The molecule has 0 atom stereocenters. The first kappa shape index (κ1) is 12.2. The van der Waals surface area contributed by atoms with Crippen LogP contribution >= 0.6 is 23.2 Å². The molecule has 4 heteroatoms. The van der Waals surface area contributed by atoms with Crippen LogP contribution in [0, 0.1) is 0 Å². The quantitative estimate of drug-likeness (QED) is 0.878. The van der Waals surface area contributed by atoms with Crippen LogP contribution in [0.25, 0.3) is 0 Å². The van der Waals surface area contributed by atoms with Crippen molar-refractivity contribution in [3.05, 3.63) is 33.8 Å². The highest BCUT2D eigenvalue weighted by Crippen LogP contribution is 2.25. The number of nitrogens with one attached hydrogen (secondary N) is 1. The highest BCUT2D eigenvalue weighted by atomic mass is 35.5. The van der Waals surface area contributed by atoms with Gasteiger partial charge < -0.3 is 5.32 Å². The monoisotopic (exact) mass is 258 g/mol. The fourth-order valence-electron chi connectivity index (χ4n) is 1.97. The summed E-state index contributed by atoms with van der Waals surface area (Å²) >= 11 is 12.3. The molecule has 1 saturated heterocycles. The number of nitrogens with zero attached hydrogens (tertiary/aromatic N) is 1. The topological polar surface area (TPSA) is 15.3 Å². The van der Waals surface area contributed by atoms with Crippen molar-refractivity contribution in [2.45, 2.75) is 13.0 Å². The molecule has 88 valence electrons. The zero-order valence-electron chi connectivity index (χ0n) is 9.18. The van der Waals surface area contributed by atoms with Crippen LogP contribution in [0.3, 0.4) is 0 Å². The average Bonchev–Trinajstić information content (AvgIpc) is 2.52. The molecule has 16 heavy (non-hydrogen) atoms. The fourth-order valence-corrected chi connectivity index (χ4v) is 2.48. The molecule has 1 heterocycles. The largest absolute Gasteiger partial charge is 0.315 e. The van der Waals surface area contributed by atoms with Gasteiger partial charge in [-0.2, -0.15) is 0 Å². The molecule has 1 aliphatic heterocycles. The Morgan fingerprint density at radius 1 is 1.12 bits per heavy atom. The predicted octanol–water partition coefficient (Wildman–Crippen LogP) is 2.79. The summed E-state index contributed by atoms with van der Waals surface area (Å²) in [5, 5.41) is 4.92. The molecular formula is C12H16Cl2N2. The molecule has 1 aromatic carbocycles. The minimum absolute atomic E-state index is 0.768. The van der Waals surface area contributed by atoms with Crippen LogP contribution < -0.4 is 5.32 Å². The second-order valence-corrected chi connectivity index (χ2v) is 4.89. The van der Waals surface area contributed by atoms with Gasteiger partial charge in [-0.25, -0.2) is 0 Å². The van der Waals surface area contributed by atoms with Crippen LogP contribution in [0.1, 0.15) is 12.0 Å². The molecule has 0 saturated carbocycles. The SMILES string of the molecule is Clc1cccc(Cl)c1CN1CCCNCC1. The molecule has 0 radical (unpaired) electrons. The Balaban J connectivity index is 2.07. The molecule has 2 nitrogen and oxygen atoms in total. The van der Waals surface area contributed by atoms with E-state index >= 15 is 0 Å². The number of hydrogen-bond donors (Lipinski definition) is 1. The van der Waals surface area contributed by atoms with Crippen molar-refractivity contribution < 1.29 is 0 Å². The summed E-state index contributed by atoms with van der Waals surface area (Å²) in [6.45, 7) is 5.16. The molecule has 0 aromatic heterocycles. The van der Waals surface area contributed by atoms with E-state index < -0.39 is 0 Å². The molecular weight excluding hydrogens is 243 g/mol. The summed E-state index contributed by atoms with van der Waals surface area (Å²) < 4.78 is 0. The summed E-state index contributed by atoms with van der Waals surface area (Å²) in [5.41, 5.74) is 1.05. The third kappa shape index (κ3) is 3.11. The van der Waals surface area contributed by atoms with Crippen molar-refractivity contribution in [3.63, 3.8) is 0 Å². The lowest BCUT2D eigenvalue weighted by atomic mass is 10.2. The normalized spacial score (nSPS) is 18.4. The summed E-state index contributed by atoms with van der Waals surface area (Å²) in [4.78, 5) is 2.40. The van der Waals surface area contributed by atoms with Gasteiger partial charge in [0.25, 0.3) is 0 Å². The highest BCUT2D eigenvalue weighted by molar-refractivity contribution is 6.35. The second kappa shape index (κ2) is 5.87. The Morgan fingerprint density at radius 2 is 1.88 bits per heavy atom. The third-order valence-electron chi connectivity index (χ3n) is 2.88. The molecule has 0 bridgehead atoms. The van der Waals surface area contributed by atoms with Crippen LogP contribution in [0.5, 0.6) is 0 Å². The highest BCUT2D eigenvalue weighted by Gasteiger charge is 2.12. The summed E-state index contributed by atoms with van der Waals surface area (Å²) in [6.07, 6.45) is 1.18. The van der Waals surface area contributed by atoms with Crippen LogP contribution in [0.4, 0.5) is 0 Å². The Labute approximate surface area is 107 Å². The molecule has 0 amide bonds. The second-order valence-electron chi connectivity index (χ2n) is 4.08. The minimum Gasteiger partial charge on any atom is -0.315 e. The Bertz CT molecular complexity index is 327. The number of rotatable bonds is 2. The first-order valence-electron chi connectivity index (χ1n) is 5.63. The van der Waals surface area contributed by atoms with Crippen LogP contribution in [0.2, 0.25) is 10.0 Å². The lowest BCUT2D eigenvalue weighted by Crippen LogP contribution is -2.27. The summed E-state index contributed by atoms with van der Waals surface area (Å²) in [6, 6.07) is 5.69. The Morgan fingerprint density at radius 3 is 2.62 bits per heavy atom. The maximum Gasteiger partial charge on any atom is 0.0465 e. The number of halogens is 2. The van der Waals surface area contributed by atoms with E-state index in [1.165, 1.54) is 6.42 Å². The summed E-state index contributed by atoms with van der Waals surface area (Å²) in [7, 11) is 0. The first-order valence-corrected chi connectivity index (χ1v) is 6.39. The van der Waals surface area contributed by atoms with Gasteiger partial charge in [0.2, 0.25) is 0 Å². The van der Waals surface area contributed by atoms with Gasteiger partial charge in [0.15, 0.2) is 0 Å². The van der Waals surface area contributed by atoms with E-state index in [4.69, 9.17) is 23.2 Å². The Hall–Kier alpha value is -0.280. The maximum atomic E-state index is 6.16. The van der Waals surface area contributed by atoms with Crippen molar-refractivity contribution in [1.82, 2.24) is 10.2 Å². The van der Waals surface area contributed by atoms with Crippen LogP contribution in [-0.2, 0) is 6.54 Å². The Kier molecular flexibility index (Phi) is 4.47. The maximum absolute atomic E-state index is 6.16.